The van der Waals surface area contributed by atoms with E-state index in [0.717, 1.165) is 27.9 Å². The molecule has 4 rings (SSSR count). The summed E-state index contributed by atoms with van der Waals surface area (Å²) in [5.41, 5.74) is 3.15. The molecular formula is C21H20N4O2. The van der Waals surface area contributed by atoms with Gasteiger partial charge in [-0.25, -0.2) is 4.98 Å². The molecule has 0 saturated carbocycles. The second kappa shape index (κ2) is 7.45. The Kier molecular flexibility index (Phi) is 4.70. The average Bonchev–Trinajstić information content (AvgIpc) is 3.11. The molecule has 136 valence electrons. The molecule has 1 N–H and O–H groups in total. The minimum absolute atomic E-state index is 0.178. The topological polar surface area (TPSA) is 68.5 Å². The third-order valence-electron chi connectivity index (χ3n) is 4.31. The van der Waals surface area contributed by atoms with E-state index in [-0.39, 0.29) is 5.91 Å². The number of nitrogens with zero attached hydrogens (tertiary/aromatic N) is 3. The van der Waals surface area contributed by atoms with E-state index in [1.807, 2.05) is 60.0 Å². The Morgan fingerprint density at radius 2 is 2.11 bits per heavy atom. The molecule has 4 aromatic rings. The zero-order valence-corrected chi connectivity index (χ0v) is 15.1. The molecule has 3 heterocycles. The first-order valence-corrected chi connectivity index (χ1v) is 8.91. The predicted molar refractivity (Wildman–Crippen MR) is 104 cm³/mol. The van der Waals surface area contributed by atoms with Gasteiger partial charge in [0.25, 0.3) is 5.91 Å². The standard InChI is InChI=1S/C21H20N4O2/c1-15-8-11-25-14-17(24-19(25)13-15)21(26)23-10-4-12-27-18-7-2-5-16-6-3-9-22-20(16)18/h2-3,5-9,11,13-14H,4,10,12H2,1H3,(H,23,26). The molecule has 1 amide bonds. The Balaban J connectivity index is 1.30. The third-order valence-corrected chi connectivity index (χ3v) is 4.31. The van der Waals surface area contributed by atoms with Crippen LogP contribution in [0.4, 0.5) is 0 Å². The number of pyridine rings is 2. The number of hydrogen-bond donors (Lipinski definition) is 1. The van der Waals surface area contributed by atoms with Gasteiger partial charge in [-0.3, -0.25) is 9.78 Å². The van der Waals surface area contributed by atoms with Crippen LogP contribution in [-0.4, -0.2) is 33.4 Å². The Morgan fingerprint density at radius 1 is 1.22 bits per heavy atom. The van der Waals surface area contributed by atoms with Crippen molar-refractivity contribution in [2.75, 3.05) is 13.2 Å². The van der Waals surface area contributed by atoms with E-state index in [0.29, 0.717) is 25.3 Å². The Morgan fingerprint density at radius 3 is 3.04 bits per heavy atom. The lowest BCUT2D eigenvalue weighted by Gasteiger charge is -2.08. The predicted octanol–water partition coefficient (Wildman–Crippen LogP) is 3.39. The van der Waals surface area contributed by atoms with E-state index in [1.165, 1.54) is 0 Å². The van der Waals surface area contributed by atoms with Crippen molar-refractivity contribution < 1.29 is 9.53 Å². The number of aryl methyl sites for hydroxylation is 1. The minimum Gasteiger partial charge on any atom is -0.491 e. The SMILES string of the molecule is Cc1ccn2cc(C(=O)NCCCOc3cccc4cccnc34)nc2c1. The normalized spacial score (nSPS) is 11.0. The molecule has 3 aromatic heterocycles. The summed E-state index contributed by atoms with van der Waals surface area (Å²) in [7, 11) is 0. The van der Waals surface area contributed by atoms with Gasteiger partial charge in [0.15, 0.2) is 0 Å². The Bertz CT molecular complexity index is 1100. The van der Waals surface area contributed by atoms with Crippen LogP contribution in [0.5, 0.6) is 5.75 Å². The van der Waals surface area contributed by atoms with Gasteiger partial charge in [0.1, 0.15) is 22.6 Å². The number of ether oxygens (including phenoxy) is 1. The molecule has 0 radical (unpaired) electrons. The van der Waals surface area contributed by atoms with Gasteiger partial charge in [0.2, 0.25) is 0 Å². The van der Waals surface area contributed by atoms with Crippen LogP contribution in [0.15, 0.2) is 61.1 Å². The largest absolute Gasteiger partial charge is 0.491 e. The zero-order valence-electron chi connectivity index (χ0n) is 15.1. The number of para-hydroxylation sites is 1. The molecule has 0 bridgehead atoms. The number of hydrogen-bond acceptors (Lipinski definition) is 4. The maximum absolute atomic E-state index is 12.3. The second-order valence-corrected chi connectivity index (χ2v) is 6.38. The van der Waals surface area contributed by atoms with Gasteiger partial charge in [0, 0.05) is 30.5 Å². The van der Waals surface area contributed by atoms with Crippen LogP contribution in [0, 0.1) is 6.92 Å². The van der Waals surface area contributed by atoms with Gasteiger partial charge in [-0.05, 0) is 43.2 Å². The number of rotatable bonds is 6. The fourth-order valence-corrected chi connectivity index (χ4v) is 2.93. The maximum atomic E-state index is 12.3. The van der Waals surface area contributed by atoms with Gasteiger partial charge in [-0.2, -0.15) is 0 Å². The van der Waals surface area contributed by atoms with Gasteiger partial charge in [0.05, 0.1) is 6.61 Å². The fraction of sp³-hybridized carbons (Fsp3) is 0.190. The van der Waals surface area contributed by atoms with Crippen molar-refractivity contribution in [1.29, 1.82) is 0 Å². The molecule has 0 aliphatic carbocycles. The van der Waals surface area contributed by atoms with Crippen LogP contribution >= 0.6 is 0 Å². The monoisotopic (exact) mass is 360 g/mol. The summed E-state index contributed by atoms with van der Waals surface area (Å²) in [6.45, 7) is 3.02. The molecule has 0 atom stereocenters. The van der Waals surface area contributed by atoms with Crippen molar-refractivity contribution >= 4 is 22.5 Å². The maximum Gasteiger partial charge on any atom is 0.271 e. The molecule has 0 aliphatic heterocycles. The fourth-order valence-electron chi connectivity index (χ4n) is 2.93. The highest BCUT2D eigenvalue weighted by atomic mass is 16.5. The smallest absolute Gasteiger partial charge is 0.271 e. The number of nitrogens with one attached hydrogen (secondary N) is 1. The lowest BCUT2D eigenvalue weighted by atomic mass is 10.2. The van der Waals surface area contributed by atoms with Crippen molar-refractivity contribution in [2.45, 2.75) is 13.3 Å². The molecule has 0 unspecified atom stereocenters. The van der Waals surface area contributed by atoms with Gasteiger partial charge in [-0.1, -0.05) is 18.2 Å². The minimum atomic E-state index is -0.178. The van der Waals surface area contributed by atoms with Gasteiger partial charge in [-0.15, -0.1) is 0 Å². The van der Waals surface area contributed by atoms with Crippen molar-refractivity contribution in [3.8, 4) is 5.75 Å². The molecule has 6 nitrogen and oxygen atoms in total. The molecule has 0 aliphatic rings. The van der Waals surface area contributed by atoms with Crippen LogP contribution < -0.4 is 10.1 Å². The highest BCUT2D eigenvalue weighted by Gasteiger charge is 2.10. The summed E-state index contributed by atoms with van der Waals surface area (Å²) < 4.78 is 7.68. The summed E-state index contributed by atoms with van der Waals surface area (Å²) in [4.78, 5) is 21.0. The average molecular weight is 360 g/mol. The molecule has 6 heteroatoms. The van der Waals surface area contributed by atoms with Gasteiger partial charge >= 0.3 is 0 Å². The van der Waals surface area contributed by atoms with Crippen molar-refractivity contribution in [3.63, 3.8) is 0 Å². The van der Waals surface area contributed by atoms with Crippen molar-refractivity contribution in [2.24, 2.45) is 0 Å². The first-order valence-electron chi connectivity index (χ1n) is 8.91. The number of amides is 1. The number of fused-ring (bicyclic) bond motifs is 2. The van der Waals surface area contributed by atoms with Crippen LogP contribution in [0.3, 0.4) is 0 Å². The Hall–Kier alpha value is -3.41. The van der Waals surface area contributed by atoms with Crippen LogP contribution in [0.1, 0.15) is 22.5 Å². The molecule has 1 aromatic carbocycles. The van der Waals surface area contributed by atoms with E-state index < -0.39 is 0 Å². The third kappa shape index (κ3) is 3.74. The highest BCUT2D eigenvalue weighted by Crippen LogP contribution is 2.22. The molecule has 27 heavy (non-hydrogen) atoms. The zero-order chi connectivity index (χ0) is 18.6. The molecular weight excluding hydrogens is 340 g/mol. The molecule has 0 saturated heterocycles. The first kappa shape index (κ1) is 17.0. The number of aromatic nitrogens is 3. The molecule has 0 fully saturated rings. The second-order valence-electron chi connectivity index (χ2n) is 6.38. The number of carbonyl (C=O) groups excluding carboxylic acids is 1. The van der Waals surface area contributed by atoms with E-state index >= 15 is 0 Å². The van der Waals surface area contributed by atoms with E-state index in [9.17, 15) is 4.79 Å². The van der Waals surface area contributed by atoms with E-state index in [2.05, 4.69) is 15.3 Å². The van der Waals surface area contributed by atoms with E-state index in [1.54, 1.807) is 12.4 Å². The summed E-state index contributed by atoms with van der Waals surface area (Å²) >= 11 is 0. The lowest BCUT2D eigenvalue weighted by molar-refractivity contribution is 0.0947. The quantitative estimate of drug-likeness (QED) is 0.535. The highest BCUT2D eigenvalue weighted by molar-refractivity contribution is 5.92. The van der Waals surface area contributed by atoms with Crippen LogP contribution in [0.25, 0.3) is 16.6 Å². The van der Waals surface area contributed by atoms with E-state index in [4.69, 9.17) is 4.74 Å². The summed E-state index contributed by atoms with van der Waals surface area (Å²) in [5.74, 6) is 0.582. The summed E-state index contributed by atoms with van der Waals surface area (Å²) in [6.07, 6.45) is 6.09. The number of imidazole rings is 1. The van der Waals surface area contributed by atoms with Crippen molar-refractivity contribution in [1.82, 2.24) is 19.7 Å². The summed E-state index contributed by atoms with van der Waals surface area (Å²) in [5, 5.41) is 3.93. The number of carbonyl (C=O) groups is 1. The van der Waals surface area contributed by atoms with Crippen LogP contribution in [0.2, 0.25) is 0 Å². The van der Waals surface area contributed by atoms with Crippen molar-refractivity contribution in [3.05, 3.63) is 72.3 Å². The van der Waals surface area contributed by atoms with Crippen LogP contribution in [-0.2, 0) is 0 Å². The Labute approximate surface area is 156 Å². The number of benzene rings is 1. The molecule has 0 spiro atoms. The first-order chi connectivity index (χ1) is 13.2. The lowest BCUT2D eigenvalue weighted by Crippen LogP contribution is -2.25. The van der Waals surface area contributed by atoms with Gasteiger partial charge < -0.3 is 14.5 Å². The summed E-state index contributed by atoms with van der Waals surface area (Å²) in [6, 6.07) is 13.7.